The second-order valence-corrected chi connectivity index (χ2v) is 3.09. The van der Waals surface area contributed by atoms with Crippen LogP contribution >= 0.6 is 0 Å². The summed E-state index contributed by atoms with van der Waals surface area (Å²) in [6.45, 7) is 0. The van der Waals surface area contributed by atoms with Gasteiger partial charge in [0.05, 0.1) is 0 Å². The van der Waals surface area contributed by atoms with E-state index in [1.807, 2.05) is 42.5 Å². The van der Waals surface area contributed by atoms with Crippen molar-refractivity contribution < 1.29 is 21.1 Å². The van der Waals surface area contributed by atoms with E-state index in [1.54, 1.807) is 0 Å². The maximum atomic E-state index is 5.29. The Hall–Kier alpha value is -1.31. The molecule has 0 N–H and O–H groups in total. The van der Waals surface area contributed by atoms with Gasteiger partial charge in [-0.05, 0) is 23.3 Å². The minimum Gasteiger partial charge on any atom is -0.115 e. The molecule has 0 nitrogen and oxygen atoms in total. The number of benzene rings is 2. The molecule has 0 aromatic heterocycles. The quantitative estimate of drug-likeness (QED) is 0.673. The maximum Gasteiger partial charge on any atom is 0.0243 e. The first-order chi connectivity index (χ1) is 6.90. The smallest absolute Gasteiger partial charge is 0.0243 e. The second-order valence-electron chi connectivity index (χ2n) is 3.09. The maximum absolute atomic E-state index is 5.29. The van der Waals surface area contributed by atoms with Crippen molar-refractivity contribution in [2.24, 2.45) is 0 Å². The topological polar surface area (TPSA) is 0 Å². The van der Waals surface area contributed by atoms with E-state index in [0.29, 0.717) is 0 Å². The summed E-state index contributed by atoms with van der Waals surface area (Å²) in [6.07, 6.45) is 5.29. The molecule has 0 unspecified atom stereocenters. The van der Waals surface area contributed by atoms with Gasteiger partial charge in [0.1, 0.15) is 0 Å². The van der Waals surface area contributed by atoms with Crippen molar-refractivity contribution in [2.45, 2.75) is 0 Å². The van der Waals surface area contributed by atoms with E-state index in [1.165, 1.54) is 11.1 Å². The molecule has 15 heavy (non-hydrogen) atoms. The minimum atomic E-state index is 0. The van der Waals surface area contributed by atoms with Gasteiger partial charge in [-0.3, -0.25) is 0 Å². The molecule has 0 aliphatic heterocycles. The van der Waals surface area contributed by atoms with Crippen LogP contribution in [0.4, 0.5) is 0 Å². The predicted octanol–water partition coefficient (Wildman–Crippen LogP) is 3.33. The molecule has 2 aromatic rings. The molecular weight excluding hydrogens is 363 g/mol. The van der Waals surface area contributed by atoms with Gasteiger partial charge in [0, 0.05) is 26.6 Å². The first kappa shape index (κ1) is 11.8. The standard InChI is InChI=1S/C14H10.Pt/c1-2-12-8-10-14(11-9-12)13-6-4-3-5-7-13;/h1,3-11H;. The molecule has 0 saturated carbocycles. The number of terminal acetylenes is 1. The van der Waals surface area contributed by atoms with Crippen molar-refractivity contribution >= 4 is 0 Å². The van der Waals surface area contributed by atoms with Gasteiger partial charge in [-0.15, -0.1) is 6.42 Å². The van der Waals surface area contributed by atoms with E-state index in [-0.39, 0.29) is 21.1 Å². The summed E-state index contributed by atoms with van der Waals surface area (Å²) in [5.41, 5.74) is 3.34. The van der Waals surface area contributed by atoms with Gasteiger partial charge in [-0.1, -0.05) is 48.4 Å². The summed E-state index contributed by atoms with van der Waals surface area (Å²) in [4.78, 5) is 0. The molecule has 0 radical (unpaired) electrons. The summed E-state index contributed by atoms with van der Waals surface area (Å²) in [6, 6.07) is 18.3. The Balaban J connectivity index is 0.00000112. The van der Waals surface area contributed by atoms with E-state index in [0.717, 1.165) is 5.56 Å². The van der Waals surface area contributed by atoms with Crippen LogP contribution in [-0.4, -0.2) is 0 Å². The fourth-order valence-corrected chi connectivity index (χ4v) is 1.39. The zero-order valence-corrected chi connectivity index (χ0v) is 10.4. The Labute approximate surface area is 105 Å². The van der Waals surface area contributed by atoms with Crippen LogP contribution in [-0.2, 0) is 21.1 Å². The summed E-state index contributed by atoms with van der Waals surface area (Å²) < 4.78 is 0. The van der Waals surface area contributed by atoms with Gasteiger partial charge in [-0.25, -0.2) is 0 Å². The molecule has 1 heteroatoms. The fraction of sp³-hybridized carbons (Fsp3) is 0. The van der Waals surface area contributed by atoms with Crippen LogP contribution in [0.15, 0.2) is 54.6 Å². The third kappa shape index (κ3) is 2.82. The zero-order chi connectivity index (χ0) is 9.80. The van der Waals surface area contributed by atoms with Gasteiger partial charge in [0.2, 0.25) is 0 Å². The number of hydrogen-bond donors (Lipinski definition) is 0. The van der Waals surface area contributed by atoms with Crippen LogP contribution in [0, 0.1) is 12.3 Å². The molecule has 76 valence electrons. The Kier molecular flexibility index (Phi) is 4.34. The number of hydrogen-bond acceptors (Lipinski definition) is 0. The average Bonchev–Trinajstić information content (AvgIpc) is 2.30. The van der Waals surface area contributed by atoms with E-state index in [9.17, 15) is 0 Å². The summed E-state index contributed by atoms with van der Waals surface area (Å²) >= 11 is 0. The predicted molar refractivity (Wildman–Crippen MR) is 59.8 cm³/mol. The Morgan fingerprint density at radius 2 is 1.27 bits per heavy atom. The van der Waals surface area contributed by atoms with Crippen molar-refractivity contribution in [3.8, 4) is 23.5 Å². The van der Waals surface area contributed by atoms with Crippen molar-refractivity contribution in [2.75, 3.05) is 0 Å². The molecule has 0 amide bonds. The van der Waals surface area contributed by atoms with E-state index in [4.69, 9.17) is 6.42 Å². The molecular formula is C14H10Pt. The van der Waals surface area contributed by atoms with Crippen molar-refractivity contribution in [3.05, 3.63) is 60.2 Å². The monoisotopic (exact) mass is 373 g/mol. The molecule has 0 bridgehead atoms. The molecule has 2 rings (SSSR count). The van der Waals surface area contributed by atoms with E-state index < -0.39 is 0 Å². The second kappa shape index (κ2) is 5.54. The van der Waals surface area contributed by atoms with E-state index in [2.05, 4.69) is 18.1 Å². The van der Waals surface area contributed by atoms with Crippen LogP contribution in [0.2, 0.25) is 0 Å². The van der Waals surface area contributed by atoms with Gasteiger partial charge < -0.3 is 0 Å². The van der Waals surface area contributed by atoms with Gasteiger partial charge in [0.15, 0.2) is 0 Å². The molecule has 0 atom stereocenters. The van der Waals surface area contributed by atoms with Gasteiger partial charge in [0.25, 0.3) is 0 Å². The van der Waals surface area contributed by atoms with Crippen molar-refractivity contribution in [1.29, 1.82) is 0 Å². The Bertz CT molecular complexity index is 449. The summed E-state index contributed by atoms with van der Waals surface area (Å²) in [7, 11) is 0. The van der Waals surface area contributed by atoms with Crippen LogP contribution in [0.5, 0.6) is 0 Å². The Morgan fingerprint density at radius 3 is 1.80 bits per heavy atom. The third-order valence-corrected chi connectivity index (χ3v) is 2.16. The van der Waals surface area contributed by atoms with Crippen LogP contribution in [0.25, 0.3) is 11.1 Å². The Morgan fingerprint density at radius 1 is 0.733 bits per heavy atom. The summed E-state index contributed by atoms with van der Waals surface area (Å²) in [5.74, 6) is 2.61. The molecule has 0 aliphatic carbocycles. The van der Waals surface area contributed by atoms with Crippen molar-refractivity contribution in [3.63, 3.8) is 0 Å². The molecule has 0 aliphatic rings. The molecule has 2 aromatic carbocycles. The van der Waals surface area contributed by atoms with Gasteiger partial charge >= 0.3 is 0 Å². The fourth-order valence-electron chi connectivity index (χ4n) is 1.39. The molecule has 0 fully saturated rings. The SMILES string of the molecule is C#Cc1ccc(-c2ccccc2)cc1.[Pt]. The first-order valence-corrected chi connectivity index (χ1v) is 4.52. The van der Waals surface area contributed by atoms with Gasteiger partial charge in [-0.2, -0.15) is 0 Å². The average molecular weight is 373 g/mol. The normalized spacial score (nSPS) is 8.73. The van der Waals surface area contributed by atoms with Crippen LogP contribution < -0.4 is 0 Å². The molecule has 0 heterocycles. The summed E-state index contributed by atoms with van der Waals surface area (Å²) in [5, 5.41) is 0. The zero-order valence-electron chi connectivity index (χ0n) is 8.09. The number of rotatable bonds is 1. The first-order valence-electron chi connectivity index (χ1n) is 4.52. The minimum absolute atomic E-state index is 0. The molecule has 0 saturated heterocycles. The van der Waals surface area contributed by atoms with Crippen molar-refractivity contribution in [1.82, 2.24) is 0 Å². The van der Waals surface area contributed by atoms with E-state index >= 15 is 0 Å². The largest absolute Gasteiger partial charge is 0.115 e. The van der Waals surface area contributed by atoms with Crippen LogP contribution in [0.3, 0.4) is 0 Å². The third-order valence-electron chi connectivity index (χ3n) is 2.16. The van der Waals surface area contributed by atoms with Crippen LogP contribution in [0.1, 0.15) is 5.56 Å². The molecule has 0 spiro atoms.